The highest BCUT2D eigenvalue weighted by Crippen LogP contribution is 2.21. The van der Waals surface area contributed by atoms with Gasteiger partial charge in [-0.1, -0.05) is 0 Å². The van der Waals surface area contributed by atoms with E-state index in [0.29, 0.717) is 24.6 Å². The molecule has 1 aromatic rings. The van der Waals surface area contributed by atoms with Crippen molar-refractivity contribution in [2.24, 2.45) is 0 Å². The Morgan fingerprint density at radius 2 is 1.81 bits per heavy atom. The van der Waals surface area contributed by atoms with Crippen molar-refractivity contribution in [1.82, 2.24) is 9.97 Å². The standard InChI is InChI=1S/C9H13F3N4/c10-9(11,12)3-1-2-4-14-8-15-5-7(13)6-16-8/h5-6H,1-4,13H2,(H,14,15,16). The fourth-order valence-corrected chi connectivity index (χ4v) is 1.08. The van der Waals surface area contributed by atoms with Crippen LogP contribution < -0.4 is 11.1 Å². The van der Waals surface area contributed by atoms with E-state index in [4.69, 9.17) is 5.73 Å². The monoisotopic (exact) mass is 234 g/mol. The maximum atomic E-state index is 11.8. The zero-order valence-corrected chi connectivity index (χ0v) is 8.59. The fraction of sp³-hybridized carbons (Fsp3) is 0.556. The van der Waals surface area contributed by atoms with Crippen LogP contribution in [0.3, 0.4) is 0 Å². The minimum absolute atomic E-state index is 0.103. The Bertz CT molecular complexity index is 310. The van der Waals surface area contributed by atoms with Crippen LogP contribution in [-0.2, 0) is 0 Å². The molecule has 90 valence electrons. The van der Waals surface area contributed by atoms with Gasteiger partial charge in [-0.05, 0) is 12.8 Å². The van der Waals surface area contributed by atoms with Gasteiger partial charge in [0.2, 0.25) is 5.95 Å². The van der Waals surface area contributed by atoms with Crippen molar-refractivity contribution < 1.29 is 13.2 Å². The molecule has 0 saturated carbocycles. The van der Waals surface area contributed by atoms with Gasteiger partial charge < -0.3 is 11.1 Å². The van der Waals surface area contributed by atoms with E-state index in [2.05, 4.69) is 15.3 Å². The molecule has 1 heterocycles. The van der Waals surface area contributed by atoms with Crippen LogP contribution in [0, 0.1) is 0 Å². The lowest BCUT2D eigenvalue weighted by Gasteiger charge is -2.06. The number of rotatable bonds is 5. The van der Waals surface area contributed by atoms with E-state index < -0.39 is 12.6 Å². The van der Waals surface area contributed by atoms with Crippen LogP contribution in [0.15, 0.2) is 12.4 Å². The van der Waals surface area contributed by atoms with E-state index in [1.807, 2.05) is 0 Å². The molecule has 0 aromatic carbocycles. The third kappa shape index (κ3) is 5.38. The summed E-state index contributed by atoms with van der Waals surface area (Å²) in [7, 11) is 0. The molecule has 0 aliphatic heterocycles. The maximum absolute atomic E-state index is 11.8. The van der Waals surface area contributed by atoms with Gasteiger partial charge in [-0.3, -0.25) is 0 Å². The third-order valence-corrected chi connectivity index (χ3v) is 1.84. The number of nitrogen functional groups attached to an aromatic ring is 1. The summed E-state index contributed by atoms with van der Waals surface area (Å²) in [4.78, 5) is 7.71. The van der Waals surface area contributed by atoms with Crippen LogP contribution in [-0.4, -0.2) is 22.7 Å². The highest BCUT2D eigenvalue weighted by Gasteiger charge is 2.25. The number of anilines is 2. The SMILES string of the molecule is Nc1cnc(NCCCCC(F)(F)F)nc1. The molecular formula is C9H13F3N4. The van der Waals surface area contributed by atoms with Gasteiger partial charge in [-0.25, -0.2) is 9.97 Å². The second-order valence-electron chi connectivity index (χ2n) is 3.34. The average Bonchev–Trinajstić information content (AvgIpc) is 2.19. The van der Waals surface area contributed by atoms with E-state index in [1.165, 1.54) is 12.4 Å². The molecule has 3 N–H and O–H groups in total. The Morgan fingerprint density at radius 3 is 2.38 bits per heavy atom. The fourth-order valence-electron chi connectivity index (χ4n) is 1.08. The highest BCUT2D eigenvalue weighted by molar-refractivity contribution is 5.35. The molecule has 4 nitrogen and oxygen atoms in total. The molecule has 7 heteroatoms. The zero-order chi connectivity index (χ0) is 12.0. The molecule has 0 unspecified atom stereocenters. The number of hydrogen-bond acceptors (Lipinski definition) is 4. The van der Waals surface area contributed by atoms with Crippen LogP contribution in [0.2, 0.25) is 0 Å². The van der Waals surface area contributed by atoms with Gasteiger partial charge >= 0.3 is 6.18 Å². The van der Waals surface area contributed by atoms with Gasteiger partial charge in [0.1, 0.15) is 0 Å². The topological polar surface area (TPSA) is 63.8 Å². The molecule has 1 rings (SSSR count). The minimum Gasteiger partial charge on any atom is -0.396 e. The summed E-state index contributed by atoms with van der Waals surface area (Å²) in [5, 5.41) is 2.81. The summed E-state index contributed by atoms with van der Waals surface area (Å²) in [6, 6.07) is 0. The van der Waals surface area contributed by atoms with Gasteiger partial charge in [0.25, 0.3) is 0 Å². The number of aromatic nitrogens is 2. The van der Waals surface area contributed by atoms with Crippen molar-refractivity contribution in [3.63, 3.8) is 0 Å². The number of hydrogen-bond donors (Lipinski definition) is 2. The van der Waals surface area contributed by atoms with Crippen LogP contribution >= 0.6 is 0 Å². The van der Waals surface area contributed by atoms with Gasteiger partial charge in [0.15, 0.2) is 0 Å². The molecular weight excluding hydrogens is 221 g/mol. The van der Waals surface area contributed by atoms with E-state index in [0.717, 1.165) is 0 Å². The van der Waals surface area contributed by atoms with Crippen molar-refractivity contribution in [1.29, 1.82) is 0 Å². The van der Waals surface area contributed by atoms with Crippen molar-refractivity contribution in [2.75, 3.05) is 17.6 Å². The molecule has 0 radical (unpaired) electrons. The molecule has 16 heavy (non-hydrogen) atoms. The number of nitrogens with two attached hydrogens (primary N) is 1. The van der Waals surface area contributed by atoms with Crippen molar-refractivity contribution >= 4 is 11.6 Å². The first kappa shape index (κ1) is 12.5. The molecule has 1 aromatic heterocycles. The molecule has 0 amide bonds. The molecule has 0 aliphatic rings. The van der Waals surface area contributed by atoms with Crippen LogP contribution in [0.5, 0.6) is 0 Å². The maximum Gasteiger partial charge on any atom is 0.389 e. The Kier molecular flexibility index (Phi) is 4.33. The average molecular weight is 234 g/mol. The third-order valence-electron chi connectivity index (χ3n) is 1.84. The van der Waals surface area contributed by atoms with Crippen molar-refractivity contribution in [2.45, 2.75) is 25.4 Å². The van der Waals surface area contributed by atoms with Gasteiger partial charge in [0.05, 0.1) is 18.1 Å². The van der Waals surface area contributed by atoms with Gasteiger partial charge in [-0.15, -0.1) is 0 Å². The van der Waals surface area contributed by atoms with E-state index in [1.54, 1.807) is 0 Å². The summed E-state index contributed by atoms with van der Waals surface area (Å²) in [5.41, 5.74) is 5.82. The van der Waals surface area contributed by atoms with E-state index >= 15 is 0 Å². The Labute approximate surface area is 91.1 Å². The number of alkyl halides is 3. The number of halogens is 3. The summed E-state index contributed by atoms with van der Waals surface area (Å²) in [6.07, 6.45) is -1.43. The molecule has 0 fully saturated rings. The Hall–Kier alpha value is -1.53. The second kappa shape index (κ2) is 5.53. The number of nitrogens with one attached hydrogen (secondary N) is 1. The normalized spacial score (nSPS) is 11.4. The summed E-state index contributed by atoms with van der Waals surface area (Å²) < 4.78 is 35.4. The van der Waals surface area contributed by atoms with Crippen LogP contribution in [0.4, 0.5) is 24.8 Å². The van der Waals surface area contributed by atoms with E-state index in [-0.39, 0.29) is 6.42 Å². The Morgan fingerprint density at radius 1 is 1.19 bits per heavy atom. The van der Waals surface area contributed by atoms with Crippen molar-refractivity contribution in [3.05, 3.63) is 12.4 Å². The summed E-state index contributed by atoms with van der Waals surface area (Å²) >= 11 is 0. The van der Waals surface area contributed by atoms with E-state index in [9.17, 15) is 13.2 Å². The predicted molar refractivity (Wildman–Crippen MR) is 54.8 cm³/mol. The molecule has 0 bridgehead atoms. The van der Waals surface area contributed by atoms with Gasteiger partial charge in [0, 0.05) is 13.0 Å². The minimum atomic E-state index is -4.07. The number of unbranched alkanes of at least 4 members (excludes halogenated alkanes) is 1. The molecule has 0 saturated heterocycles. The highest BCUT2D eigenvalue weighted by atomic mass is 19.4. The first-order chi connectivity index (χ1) is 7.47. The Balaban J connectivity index is 2.14. The predicted octanol–water partition coefficient (Wildman–Crippen LogP) is 2.20. The van der Waals surface area contributed by atoms with Crippen LogP contribution in [0.1, 0.15) is 19.3 Å². The quantitative estimate of drug-likeness (QED) is 0.766. The lowest BCUT2D eigenvalue weighted by Crippen LogP contribution is -2.09. The molecule has 0 atom stereocenters. The largest absolute Gasteiger partial charge is 0.396 e. The number of nitrogens with zero attached hydrogens (tertiary/aromatic N) is 2. The first-order valence-electron chi connectivity index (χ1n) is 4.85. The summed E-state index contributed by atoms with van der Waals surface area (Å²) in [5.74, 6) is 0.376. The lowest BCUT2D eigenvalue weighted by atomic mass is 10.2. The van der Waals surface area contributed by atoms with Gasteiger partial charge in [-0.2, -0.15) is 13.2 Å². The van der Waals surface area contributed by atoms with Crippen LogP contribution in [0.25, 0.3) is 0 Å². The molecule has 0 aliphatic carbocycles. The zero-order valence-electron chi connectivity index (χ0n) is 8.59. The summed E-state index contributed by atoms with van der Waals surface area (Å²) in [6.45, 7) is 0.417. The van der Waals surface area contributed by atoms with Crippen molar-refractivity contribution in [3.8, 4) is 0 Å². The smallest absolute Gasteiger partial charge is 0.389 e. The first-order valence-corrected chi connectivity index (χ1v) is 4.85. The lowest BCUT2D eigenvalue weighted by molar-refractivity contribution is -0.135. The second-order valence-corrected chi connectivity index (χ2v) is 3.34. The molecule has 0 spiro atoms.